The molecule has 3 saturated heterocycles. The molecule has 106 valence electrons. The van der Waals surface area contributed by atoms with Gasteiger partial charge >= 0.3 is 6.18 Å². The molecule has 1 aromatic rings. The van der Waals surface area contributed by atoms with Gasteiger partial charge in [-0.2, -0.15) is 13.2 Å². The van der Waals surface area contributed by atoms with E-state index >= 15 is 0 Å². The lowest BCUT2D eigenvalue weighted by Gasteiger charge is -2.41. The Labute approximate surface area is 114 Å². The quantitative estimate of drug-likeness (QED) is 0.736. The summed E-state index contributed by atoms with van der Waals surface area (Å²) in [6.45, 7) is 1.64. The van der Waals surface area contributed by atoms with Crippen LogP contribution in [-0.4, -0.2) is 23.8 Å². The van der Waals surface area contributed by atoms with E-state index in [1.54, 1.807) is 12.1 Å². The predicted octanol–water partition coefficient (Wildman–Crippen LogP) is 3.34. The van der Waals surface area contributed by atoms with Gasteiger partial charge in [-0.15, -0.1) is 0 Å². The summed E-state index contributed by atoms with van der Waals surface area (Å²) in [5.74, 6) is 0.122. The Hall–Kier alpha value is -1.78. The van der Waals surface area contributed by atoms with Gasteiger partial charge in [-0.05, 0) is 36.6 Å². The lowest BCUT2D eigenvalue weighted by Crippen LogP contribution is -2.45. The average Bonchev–Trinajstić information content (AvgIpc) is 2.43. The fraction of sp³-hybridized carbons (Fsp3) is 0.400. The first-order chi connectivity index (χ1) is 9.45. The second-order valence-corrected chi connectivity index (χ2v) is 5.28. The Morgan fingerprint density at radius 1 is 1.20 bits per heavy atom. The number of alkyl halides is 3. The van der Waals surface area contributed by atoms with Gasteiger partial charge in [-0.1, -0.05) is 12.1 Å². The predicted molar refractivity (Wildman–Crippen MR) is 68.7 cm³/mol. The van der Waals surface area contributed by atoms with Crippen molar-refractivity contribution < 1.29 is 18.0 Å². The first-order valence-corrected chi connectivity index (χ1v) is 6.63. The molecule has 0 amide bonds. The standard InChI is InChI=1S/C15H14F3NO/c16-15(17,18)12-3-1-2-10(8-12)9-13-14(20)11-4-6-19(13)7-5-11/h1-3,8-9,11H,4-7H2/b13-9-. The number of carbonyl (C=O) groups excluding carboxylic acids is 1. The minimum Gasteiger partial charge on any atom is -0.369 e. The van der Waals surface area contributed by atoms with Crippen LogP contribution in [0.4, 0.5) is 13.2 Å². The van der Waals surface area contributed by atoms with Gasteiger partial charge < -0.3 is 4.90 Å². The minimum absolute atomic E-state index is 0.0528. The number of rotatable bonds is 1. The monoisotopic (exact) mass is 281 g/mol. The van der Waals surface area contributed by atoms with Gasteiger partial charge in [-0.25, -0.2) is 0 Å². The summed E-state index contributed by atoms with van der Waals surface area (Å²) < 4.78 is 38.0. The molecule has 0 aliphatic carbocycles. The number of ketones is 1. The van der Waals surface area contributed by atoms with Gasteiger partial charge in [0.05, 0.1) is 11.3 Å². The Bertz CT molecular complexity index is 569. The zero-order chi connectivity index (χ0) is 14.3. The maximum atomic E-state index is 12.7. The molecule has 3 aliphatic heterocycles. The number of halogens is 3. The Balaban J connectivity index is 1.94. The van der Waals surface area contributed by atoms with Gasteiger partial charge in [0.2, 0.25) is 0 Å². The Kier molecular flexibility index (Phi) is 3.07. The average molecular weight is 281 g/mol. The number of hydrogen-bond donors (Lipinski definition) is 0. The van der Waals surface area contributed by atoms with Crippen molar-refractivity contribution in [2.45, 2.75) is 19.0 Å². The number of hydrogen-bond acceptors (Lipinski definition) is 2. The smallest absolute Gasteiger partial charge is 0.369 e. The summed E-state index contributed by atoms with van der Waals surface area (Å²) in [4.78, 5) is 14.1. The van der Waals surface area contributed by atoms with Crippen LogP contribution < -0.4 is 0 Å². The second-order valence-electron chi connectivity index (χ2n) is 5.28. The normalized spacial score (nSPS) is 21.9. The molecular weight excluding hydrogens is 267 g/mol. The van der Waals surface area contributed by atoms with Crippen LogP contribution in [0.1, 0.15) is 24.0 Å². The molecule has 0 aromatic heterocycles. The van der Waals surface area contributed by atoms with E-state index < -0.39 is 11.7 Å². The van der Waals surface area contributed by atoms with E-state index in [4.69, 9.17) is 0 Å². The van der Waals surface area contributed by atoms with Crippen LogP contribution in [0, 0.1) is 5.92 Å². The molecule has 3 fully saturated rings. The van der Waals surface area contributed by atoms with Crippen LogP contribution in [-0.2, 0) is 11.0 Å². The van der Waals surface area contributed by atoms with Crippen LogP contribution in [0.25, 0.3) is 6.08 Å². The van der Waals surface area contributed by atoms with Crippen molar-refractivity contribution in [1.82, 2.24) is 4.90 Å². The summed E-state index contributed by atoms with van der Waals surface area (Å²) in [5.41, 5.74) is 0.304. The second kappa shape index (κ2) is 4.65. The highest BCUT2D eigenvalue weighted by atomic mass is 19.4. The van der Waals surface area contributed by atoms with Crippen molar-refractivity contribution in [3.63, 3.8) is 0 Å². The van der Waals surface area contributed by atoms with Crippen LogP contribution in [0.3, 0.4) is 0 Å². The number of benzene rings is 1. The first kappa shape index (κ1) is 13.2. The summed E-state index contributed by atoms with van der Waals surface area (Å²) in [6.07, 6.45) is -1.05. The zero-order valence-electron chi connectivity index (χ0n) is 10.8. The minimum atomic E-state index is -4.36. The lowest BCUT2D eigenvalue weighted by atomic mass is 9.84. The van der Waals surface area contributed by atoms with E-state index in [0.717, 1.165) is 38.1 Å². The Morgan fingerprint density at radius 2 is 1.90 bits per heavy atom. The van der Waals surface area contributed by atoms with E-state index in [1.165, 1.54) is 6.07 Å². The maximum Gasteiger partial charge on any atom is 0.416 e. The molecule has 3 aliphatic rings. The number of carbonyl (C=O) groups is 1. The third kappa shape index (κ3) is 2.32. The van der Waals surface area contributed by atoms with Crippen molar-refractivity contribution >= 4 is 11.9 Å². The fourth-order valence-corrected chi connectivity index (χ4v) is 2.87. The molecule has 20 heavy (non-hydrogen) atoms. The highest BCUT2D eigenvalue weighted by molar-refractivity contribution is 6.01. The number of fused-ring (bicyclic) bond motifs is 3. The van der Waals surface area contributed by atoms with Gasteiger partial charge in [0.15, 0.2) is 5.78 Å². The molecule has 0 spiro atoms. The molecule has 1 aromatic carbocycles. The maximum absolute atomic E-state index is 12.7. The lowest BCUT2D eigenvalue weighted by molar-refractivity contribution is -0.137. The van der Waals surface area contributed by atoms with E-state index in [0.29, 0.717) is 11.3 Å². The molecule has 4 rings (SSSR count). The van der Waals surface area contributed by atoms with E-state index in [-0.39, 0.29) is 11.7 Å². The molecule has 0 N–H and O–H groups in total. The largest absolute Gasteiger partial charge is 0.416 e. The van der Waals surface area contributed by atoms with Gasteiger partial charge in [0, 0.05) is 19.0 Å². The van der Waals surface area contributed by atoms with E-state index in [1.807, 2.05) is 4.90 Å². The molecule has 0 saturated carbocycles. The number of nitrogens with zero attached hydrogens (tertiary/aromatic N) is 1. The molecule has 5 heteroatoms. The molecule has 0 radical (unpaired) electrons. The first-order valence-electron chi connectivity index (χ1n) is 6.63. The van der Waals surface area contributed by atoms with Crippen LogP contribution in [0.5, 0.6) is 0 Å². The van der Waals surface area contributed by atoms with Crippen molar-refractivity contribution in [1.29, 1.82) is 0 Å². The van der Waals surface area contributed by atoms with Crippen LogP contribution in [0.2, 0.25) is 0 Å². The third-order valence-electron chi connectivity index (χ3n) is 3.98. The summed E-state index contributed by atoms with van der Waals surface area (Å²) >= 11 is 0. The summed E-state index contributed by atoms with van der Waals surface area (Å²) in [5, 5.41) is 0. The molecule has 0 atom stereocenters. The fourth-order valence-electron chi connectivity index (χ4n) is 2.87. The molecule has 0 unspecified atom stereocenters. The number of allylic oxidation sites excluding steroid dienone is 1. The molecule has 2 nitrogen and oxygen atoms in total. The van der Waals surface area contributed by atoms with E-state index in [2.05, 4.69) is 0 Å². The summed E-state index contributed by atoms with van der Waals surface area (Å²) in [6, 6.07) is 5.09. The Morgan fingerprint density at radius 3 is 2.50 bits per heavy atom. The van der Waals surface area contributed by atoms with Gasteiger partial charge in [0.1, 0.15) is 0 Å². The zero-order valence-corrected chi connectivity index (χ0v) is 10.8. The SMILES string of the molecule is O=C1/C(=C/c2cccc(C(F)(F)F)c2)N2CCC1CC2. The molecule has 3 heterocycles. The highest BCUT2D eigenvalue weighted by Gasteiger charge is 2.36. The number of piperidine rings is 3. The van der Waals surface area contributed by atoms with Gasteiger partial charge in [-0.3, -0.25) is 4.79 Å². The summed E-state index contributed by atoms with van der Waals surface area (Å²) in [7, 11) is 0. The topological polar surface area (TPSA) is 20.3 Å². The molecule has 2 bridgehead atoms. The van der Waals surface area contributed by atoms with E-state index in [9.17, 15) is 18.0 Å². The van der Waals surface area contributed by atoms with Crippen LogP contribution in [0.15, 0.2) is 30.0 Å². The van der Waals surface area contributed by atoms with Crippen molar-refractivity contribution in [2.24, 2.45) is 5.92 Å². The highest BCUT2D eigenvalue weighted by Crippen LogP contribution is 2.34. The number of Topliss-reactive ketones (excluding diaryl/α,β-unsaturated/α-hetero) is 1. The van der Waals surface area contributed by atoms with Gasteiger partial charge in [0.25, 0.3) is 0 Å². The van der Waals surface area contributed by atoms with Crippen molar-refractivity contribution in [2.75, 3.05) is 13.1 Å². The van der Waals surface area contributed by atoms with Crippen LogP contribution >= 0.6 is 0 Å². The van der Waals surface area contributed by atoms with Crippen molar-refractivity contribution in [3.8, 4) is 0 Å². The molecular formula is C15H14F3NO. The third-order valence-corrected chi connectivity index (χ3v) is 3.98. The van der Waals surface area contributed by atoms with Crippen molar-refractivity contribution in [3.05, 3.63) is 41.1 Å².